The number of amides is 1. The van der Waals surface area contributed by atoms with Crippen LogP contribution in [0.2, 0.25) is 0 Å². The summed E-state index contributed by atoms with van der Waals surface area (Å²) in [5, 5.41) is 10.5. The standard InChI is InChI=1S/C14H13F2N3O3S3/c1-2-22-12(21)7-24-14-19-18-13(25-14)17-11(20)6-23-8-3-4-9(15)10(16)5-8/h3-5H,2,6-7H2,1H3,(H,17,18,20). The topological polar surface area (TPSA) is 81.2 Å². The monoisotopic (exact) mass is 405 g/mol. The molecule has 25 heavy (non-hydrogen) atoms. The minimum absolute atomic E-state index is 0.00988. The fourth-order valence-corrected chi connectivity index (χ4v) is 3.80. The van der Waals surface area contributed by atoms with E-state index < -0.39 is 11.6 Å². The maximum atomic E-state index is 13.1. The summed E-state index contributed by atoms with van der Waals surface area (Å²) in [6.07, 6.45) is 0. The summed E-state index contributed by atoms with van der Waals surface area (Å²) in [6.45, 7) is 2.03. The molecule has 1 amide bonds. The number of anilines is 1. The van der Waals surface area contributed by atoms with Crippen molar-refractivity contribution in [2.24, 2.45) is 0 Å². The molecule has 0 bridgehead atoms. The first-order valence-corrected chi connectivity index (χ1v) is 9.76. The van der Waals surface area contributed by atoms with Crippen molar-refractivity contribution in [1.82, 2.24) is 10.2 Å². The molecule has 0 aliphatic rings. The van der Waals surface area contributed by atoms with Gasteiger partial charge in [0.05, 0.1) is 18.1 Å². The van der Waals surface area contributed by atoms with E-state index in [4.69, 9.17) is 4.74 Å². The summed E-state index contributed by atoms with van der Waals surface area (Å²) < 4.78 is 31.2. The van der Waals surface area contributed by atoms with Crippen molar-refractivity contribution in [3.8, 4) is 0 Å². The van der Waals surface area contributed by atoms with E-state index in [1.165, 1.54) is 17.8 Å². The summed E-state index contributed by atoms with van der Waals surface area (Å²) >= 11 is 3.36. The van der Waals surface area contributed by atoms with Crippen molar-refractivity contribution in [3.05, 3.63) is 29.8 Å². The highest BCUT2D eigenvalue weighted by Gasteiger charge is 2.12. The van der Waals surface area contributed by atoms with Gasteiger partial charge in [0.15, 0.2) is 16.0 Å². The Hall–Kier alpha value is -1.72. The number of rotatable bonds is 8. The molecule has 1 N–H and O–H groups in total. The van der Waals surface area contributed by atoms with Gasteiger partial charge in [0.1, 0.15) is 0 Å². The molecule has 0 saturated heterocycles. The van der Waals surface area contributed by atoms with Crippen LogP contribution in [-0.2, 0) is 14.3 Å². The zero-order valence-corrected chi connectivity index (χ0v) is 15.4. The number of carbonyl (C=O) groups is 2. The first-order valence-electron chi connectivity index (χ1n) is 6.97. The van der Waals surface area contributed by atoms with E-state index in [2.05, 4.69) is 15.5 Å². The molecule has 0 aliphatic carbocycles. The quantitative estimate of drug-likeness (QED) is 0.410. The minimum Gasteiger partial charge on any atom is -0.465 e. The van der Waals surface area contributed by atoms with Crippen LogP contribution < -0.4 is 5.32 Å². The summed E-state index contributed by atoms with van der Waals surface area (Å²) in [5.74, 6) is -2.48. The third-order valence-corrected chi connectivity index (χ3v) is 5.47. The van der Waals surface area contributed by atoms with Gasteiger partial charge >= 0.3 is 5.97 Å². The van der Waals surface area contributed by atoms with Gasteiger partial charge in [0.2, 0.25) is 11.0 Å². The van der Waals surface area contributed by atoms with Crippen molar-refractivity contribution in [2.45, 2.75) is 16.2 Å². The maximum absolute atomic E-state index is 13.1. The van der Waals surface area contributed by atoms with Gasteiger partial charge in [-0.25, -0.2) is 8.78 Å². The molecule has 6 nitrogen and oxygen atoms in total. The van der Waals surface area contributed by atoms with E-state index in [1.807, 2.05) is 0 Å². The van der Waals surface area contributed by atoms with Gasteiger partial charge in [-0.15, -0.1) is 22.0 Å². The molecule has 0 atom stereocenters. The number of ether oxygens (including phenoxy) is 1. The second-order valence-electron chi connectivity index (χ2n) is 4.38. The number of thioether (sulfide) groups is 2. The van der Waals surface area contributed by atoms with Crippen LogP contribution in [0.4, 0.5) is 13.9 Å². The van der Waals surface area contributed by atoms with Crippen LogP contribution in [0.15, 0.2) is 27.4 Å². The predicted octanol–water partition coefficient (Wildman–Crippen LogP) is 3.20. The molecule has 1 heterocycles. The lowest BCUT2D eigenvalue weighted by molar-refractivity contribution is -0.139. The summed E-state index contributed by atoms with van der Waals surface area (Å²) in [4.78, 5) is 23.6. The lowest BCUT2D eigenvalue weighted by Crippen LogP contribution is -2.13. The van der Waals surface area contributed by atoms with Crippen molar-refractivity contribution in [3.63, 3.8) is 0 Å². The Morgan fingerprint density at radius 3 is 2.72 bits per heavy atom. The molecule has 134 valence electrons. The number of aromatic nitrogens is 2. The van der Waals surface area contributed by atoms with Crippen molar-refractivity contribution < 1.29 is 23.1 Å². The number of carbonyl (C=O) groups excluding carboxylic acids is 2. The number of benzene rings is 1. The summed E-state index contributed by atoms with van der Waals surface area (Å²) in [6, 6.07) is 3.43. The van der Waals surface area contributed by atoms with E-state index >= 15 is 0 Å². The van der Waals surface area contributed by atoms with E-state index in [0.29, 0.717) is 21.0 Å². The predicted molar refractivity (Wildman–Crippen MR) is 93.0 cm³/mol. The second kappa shape index (κ2) is 9.68. The average molecular weight is 405 g/mol. The lowest BCUT2D eigenvalue weighted by Gasteiger charge is -2.02. The van der Waals surface area contributed by atoms with Gasteiger partial charge in [-0.05, 0) is 25.1 Å². The Morgan fingerprint density at radius 2 is 2.00 bits per heavy atom. The maximum Gasteiger partial charge on any atom is 0.316 e. The molecular weight excluding hydrogens is 392 g/mol. The van der Waals surface area contributed by atoms with Gasteiger partial charge < -0.3 is 4.74 Å². The minimum atomic E-state index is -0.960. The van der Waals surface area contributed by atoms with Gasteiger partial charge in [-0.1, -0.05) is 23.1 Å². The lowest BCUT2D eigenvalue weighted by atomic mass is 10.3. The normalized spacial score (nSPS) is 10.5. The van der Waals surface area contributed by atoms with Crippen LogP contribution in [0.5, 0.6) is 0 Å². The van der Waals surface area contributed by atoms with Gasteiger partial charge in [0, 0.05) is 4.90 Å². The third kappa shape index (κ3) is 6.59. The molecule has 11 heteroatoms. The molecule has 0 radical (unpaired) electrons. The smallest absolute Gasteiger partial charge is 0.316 e. The second-order valence-corrected chi connectivity index (χ2v) is 7.63. The molecule has 1 aromatic carbocycles. The van der Waals surface area contributed by atoms with Crippen LogP contribution in [0.1, 0.15) is 6.92 Å². The molecule has 0 spiro atoms. The molecule has 0 aliphatic heterocycles. The Kier molecular flexibility index (Phi) is 7.59. The fraction of sp³-hybridized carbons (Fsp3) is 0.286. The largest absolute Gasteiger partial charge is 0.465 e. The van der Waals surface area contributed by atoms with Gasteiger partial charge in [-0.3, -0.25) is 14.9 Å². The molecule has 2 aromatic rings. The number of nitrogens with one attached hydrogen (secondary N) is 1. The first-order chi connectivity index (χ1) is 12.0. The Bertz CT molecular complexity index is 758. The highest BCUT2D eigenvalue weighted by Crippen LogP contribution is 2.26. The summed E-state index contributed by atoms with van der Waals surface area (Å²) in [5.41, 5.74) is 0. The molecule has 0 fully saturated rings. The van der Waals surface area contributed by atoms with Crippen molar-refractivity contribution in [1.29, 1.82) is 0 Å². The number of esters is 1. The van der Waals surface area contributed by atoms with E-state index in [1.54, 1.807) is 6.92 Å². The molecular formula is C14H13F2N3O3S3. The average Bonchev–Trinajstić information content (AvgIpc) is 3.02. The van der Waals surface area contributed by atoms with Crippen LogP contribution in [0.3, 0.4) is 0 Å². The molecule has 0 saturated carbocycles. The van der Waals surface area contributed by atoms with E-state index in [9.17, 15) is 18.4 Å². The van der Waals surface area contributed by atoms with E-state index in [0.717, 1.165) is 35.2 Å². The molecule has 0 unspecified atom stereocenters. The SMILES string of the molecule is CCOC(=O)CSc1nnc(NC(=O)CSc2ccc(F)c(F)c2)s1. The van der Waals surface area contributed by atoms with E-state index in [-0.39, 0.29) is 23.4 Å². The van der Waals surface area contributed by atoms with Crippen LogP contribution >= 0.6 is 34.9 Å². The highest BCUT2D eigenvalue weighted by molar-refractivity contribution is 8.01. The third-order valence-electron chi connectivity index (χ3n) is 2.53. The number of hydrogen-bond donors (Lipinski definition) is 1. The molecule has 1 aromatic heterocycles. The van der Waals surface area contributed by atoms with Gasteiger partial charge in [-0.2, -0.15) is 0 Å². The van der Waals surface area contributed by atoms with Gasteiger partial charge in [0.25, 0.3) is 0 Å². The number of halogens is 2. The van der Waals surface area contributed by atoms with Crippen LogP contribution in [0.25, 0.3) is 0 Å². The summed E-state index contributed by atoms with van der Waals surface area (Å²) in [7, 11) is 0. The van der Waals surface area contributed by atoms with Crippen molar-refractivity contribution in [2.75, 3.05) is 23.4 Å². The zero-order chi connectivity index (χ0) is 18.2. The fourth-order valence-electron chi connectivity index (χ4n) is 1.51. The zero-order valence-electron chi connectivity index (χ0n) is 13.0. The molecule has 2 rings (SSSR count). The number of nitrogens with zero attached hydrogens (tertiary/aromatic N) is 2. The van der Waals surface area contributed by atoms with Crippen molar-refractivity contribution >= 4 is 51.9 Å². The first kappa shape index (κ1) is 19.6. The van der Waals surface area contributed by atoms with Crippen LogP contribution in [0, 0.1) is 11.6 Å². The Balaban J connectivity index is 1.78. The Labute approximate surface area is 154 Å². The van der Waals surface area contributed by atoms with Crippen LogP contribution in [-0.4, -0.2) is 40.2 Å². The highest BCUT2D eigenvalue weighted by atomic mass is 32.2. The Morgan fingerprint density at radius 1 is 1.20 bits per heavy atom. The number of hydrogen-bond acceptors (Lipinski definition) is 8.